The Hall–Kier alpha value is -0.803. The van der Waals surface area contributed by atoms with Crippen LogP contribution in [0.5, 0.6) is 0 Å². The molecule has 100 valence electrons. The summed E-state index contributed by atoms with van der Waals surface area (Å²) in [5.41, 5.74) is 4.42. The number of aryl methyl sites for hydroxylation is 1. The van der Waals surface area contributed by atoms with Gasteiger partial charge in [0.1, 0.15) is 0 Å². The van der Waals surface area contributed by atoms with Gasteiger partial charge in [-0.1, -0.05) is 32.0 Å². The van der Waals surface area contributed by atoms with E-state index in [1.165, 1.54) is 16.8 Å². The van der Waals surface area contributed by atoms with Crippen LogP contribution in [0.2, 0.25) is 17.6 Å². The summed E-state index contributed by atoms with van der Waals surface area (Å²) in [7, 11) is -2.11. The molecular weight excluding hydrogens is 238 g/mol. The minimum Gasteiger partial charge on any atom is -0.431 e. The van der Waals surface area contributed by atoms with Gasteiger partial charge in [-0.25, -0.2) is 0 Å². The molecule has 0 radical (unpaired) electrons. The molecule has 2 N–H and O–H groups in total. The molecule has 2 nitrogen and oxygen atoms in total. The summed E-state index contributed by atoms with van der Waals surface area (Å²) >= 11 is 0. The normalized spacial score (nSPS) is 23.4. The molecule has 0 saturated carbocycles. The predicted molar refractivity (Wildman–Crippen MR) is 80.7 cm³/mol. The number of benzene rings is 1. The molecule has 18 heavy (non-hydrogen) atoms. The molecule has 1 aliphatic heterocycles. The van der Waals surface area contributed by atoms with Crippen molar-refractivity contribution in [2.45, 2.75) is 57.8 Å². The van der Waals surface area contributed by atoms with E-state index in [1.54, 1.807) is 0 Å². The number of nitrogens with one attached hydrogen (secondary N) is 1. The third kappa shape index (κ3) is 2.21. The second-order valence-corrected chi connectivity index (χ2v) is 10.0. The molecule has 0 amide bonds. The zero-order valence-electron chi connectivity index (χ0n) is 12.0. The van der Waals surface area contributed by atoms with Crippen LogP contribution in [0.4, 0.5) is 5.69 Å². The number of fused-ring (bicyclic) bond motifs is 1. The first-order valence-electron chi connectivity index (χ1n) is 7.09. The predicted octanol–water partition coefficient (Wildman–Crippen LogP) is 3.70. The Morgan fingerprint density at radius 3 is 2.61 bits per heavy atom. The minimum absolute atomic E-state index is 0.384. The van der Waals surface area contributed by atoms with Gasteiger partial charge < -0.3 is 10.1 Å². The quantitative estimate of drug-likeness (QED) is 0.815. The fourth-order valence-electron chi connectivity index (χ4n) is 3.28. The van der Waals surface area contributed by atoms with Gasteiger partial charge in [0.2, 0.25) is 0 Å². The minimum atomic E-state index is -2.11. The van der Waals surface area contributed by atoms with E-state index in [4.69, 9.17) is 0 Å². The van der Waals surface area contributed by atoms with Crippen LogP contribution in [0, 0.1) is 6.92 Å². The Morgan fingerprint density at radius 1 is 1.33 bits per heavy atom. The van der Waals surface area contributed by atoms with Gasteiger partial charge in [0.25, 0.3) is 0 Å². The molecule has 0 spiro atoms. The van der Waals surface area contributed by atoms with Crippen LogP contribution in [-0.2, 0) is 6.42 Å². The number of rotatable bonds is 3. The molecule has 0 fully saturated rings. The summed E-state index contributed by atoms with van der Waals surface area (Å²) in [4.78, 5) is 10.9. The summed E-state index contributed by atoms with van der Waals surface area (Å²) in [5.74, 6) is 0. The van der Waals surface area contributed by atoms with E-state index in [-0.39, 0.29) is 0 Å². The highest BCUT2D eigenvalue weighted by Gasteiger charge is 2.42. The SMILES string of the molecule is CC[Si](O)(CC)C1Cc2cccc(C)c2NC1C. The summed E-state index contributed by atoms with van der Waals surface area (Å²) in [6, 6.07) is 8.79. The van der Waals surface area contributed by atoms with Gasteiger partial charge in [-0.15, -0.1) is 0 Å². The van der Waals surface area contributed by atoms with Crippen molar-refractivity contribution in [3.8, 4) is 0 Å². The third-order valence-electron chi connectivity index (χ3n) is 4.69. The van der Waals surface area contributed by atoms with Gasteiger partial charge in [0.15, 0.2) is 8.32 Å². The first-order chi connectivity index (χ1) is 8.51. The van der Waals surface area contributed by atoms with E-state index in [2.05, 4.69) is 51.2 Å². The summed E-state index contributed by atoms with van der Waals surface area (Å²) in [6.45, 7) is 8.67. The smallest absolute Gasteiger partial charge is 0.193 e. The molecule has 0 aliphatic carbocycles. The highest BCUT2D eigenvalue weighted by atomic mass is 28.4. The molecule has 2 unspecified atom stereocenters. The number of anilines is 1. The van der Waals surface area contributed by atoms with Crippen LogP contribution in [-0.4, -0.2) is 19.2 Å². The van der Waals surface area contributed by atoms with Crippen molar-refractivity contribution in [3.05, 3.63) is 29.3 Å². The highest BCUT2D eigenvalue weighted by molar-refractivity contribution is 6.74. The molecule has 0 bridgehead atoms. The average molecular weight is 263 g/mol. The lowest BCUT2D eigenvalue weighted by atomic mass is 9.96. The Balaban J connectivity index is 2.34. The molecule has 0 aromatic heterocycles. The Labute approximate surface area is 112 Å². The van der Waals surface area contributed by atoms with Crippen molar-refractivity contribution in [1.29, 1.82) is 0 Å². The number of hydrogen-bond donors (Lipinski definition) is 2. The fraction of sp³-hybridized carbons (Fsp3) is 0.600. The van der Waals surface area contributed by atoms with Crippen molar-refractivity contribution in [3.63, 3.8) is 0 Å². The topological polar surface area (TPSA) is 32.3 Å². The van der Waals surface area contributed by atoms with Gasteiger partial charge in [-0.05, 0) is 43.5 Å². The maximum atomic E-state index is 10.9. The van der Waals surface area contributed by atoms with E-state index in [0.717, 1.165) is 18.5 Å². The highest BCUT2D eigenvalue weighted by Crippen LogP contribution is 2.40. The first-order valence-corrected chi connectivity index (χ1v) is 9.53. The molecule has 2 atom stereocenters. The van der Waals surface area contributed by atoms with Crippen molar-refractivity contribution in [2.24, 2.45) is 0 Å². The van der Waals surface area contributed by atoms with Crippen LogP contribution >= 0.6 is 0 Å². The number of para-hydroxylation sites is 1. The second kappa shape index (κ2) is 5.06. The van der Waals surface area contributed by atoms with Crippen molar-refractivity contribution >= 4 is 14.0 Å². The molecule has 1 aromatic carbocycles. The Kier molecular flexibility index (Phi) is 3.83. The zero-order chi connectivity index (χ0) is 13.3. The van der Waals surface area contributed by atoms with Crippen LogP contribution in [0.1, 0.15) is 31.9 Å². The fourth-order valence-corrected chi connectivity index (χ4v) is 6.44. The van der Waals surface area contributed by atoms with E-state index < -0.39 is 8.32 Å². The Bertz CT molecular complexity index is 429. The average Bonchev–Trinajstić information content (AvgIpc) is 2.38. The van der Waals surface area contributed by atoms with Crippen molar-refractivity contribution in [2.75, 3.05) is 5.32 Å². The maximum absolute atomic E-state index is 10.9. The molecule has 0 saturated heterocycles. The first kappa shape index (κ1) is 13.6. The lowest BCUT2D eigenvalue weighted by Gasteiger charge is -2.41. The maximum Gasteiger partial charge on any atom is 0.193 e. The summed E-state index contributed by atoms with van der Waals surface area (Å²) in [5, 5.41) is 3.63. The zero-order valence-corrected chi connectivity index (χ0v) is 13.0. The molecular formula is C15H25NOSi. The van der Waals surface area contributed by atoms with E-state index in [1.807, 2.05) is 0 Å². The monoisotopic (exact) mass is 263 g/mol. The molecule has 3 heteroatoms. The third-order valence-corrected chi connectivity index (χ3v) is 9.22. The van der Waals surface area contributed by atoms with E-state index >= 15 is 0 Å². The van der Waals surface area contributed by atoms with Gasteiger partial charge >= 0.3 is 0 Å². The molecule has 1 heterocycles. The van der Waals surface area contributed by atoms with Gasteiger partial charge in [-0.2, -0.15) is 0 Å². The van der Waals surface area contributed by atoms with Crippen LogP contribution in [0.3, 0.4) is 0 Å². The summed E-state index contributed by atoms with van der Waals surface area (Å²) in [6.07, 6.45) is 1.04. The number of hydrogen-bond acceptors (Lipinski definition) is 2. The van der Waals surface area contributed by atoms with Crippen molar-refractivity contribution in [1.82, 2.24) is 0 Å². The summed E-state index contributed by atoms with van der Waals surface area (Å²) < 4.78 is 0. The van der Waals surface area contributed by atoms with E-state index in [0.29, 0.717) is 11.6 Å². The van der Waals surface area contributed by atoms with Gasteiger partial charge in [0, 0.05) is 17.3 Å². The lowest BCUT2D eigenvalue weighted by molar-refractivity contribution is 0.475. The lowest BCUT2D eigenvalue weighted by Crippen LogP contribution is -2.48. The van der Waals surface area contributed by atoms with Crippen molar-refractivity contribution < 1.29 is 4.80 Å². The second-order valence-electron chi connectivity index (χ2n) is 5.66. The van der Waals surface area contributed by atoms with Crippen LogP contribution < -0.4 is 5.32 Å². The van der Waals surface area contributed by atoms with Crippen LogP contribution in [0.15, 0.2) is 18.2 Å². The largest absolute Gasteiger partial charge is 0.431 e. The molecule has 1 aliphatic rings. The molecule has 2 rings (SSSR count). The Morgan fingerprint density at radius 2 is 2.00 bits per heavy atom. The van der Waals surface area contributed by atoms with Gasteiger partial charge in [0.05, 0.1) is 0 Å². The van der Waals surface area contributed by atoms with E-state index in [9.17, 15) is 4.80 Å². The van der Waals surface area contributed by atoms with Gasteiger partial charge in [-0.3, -0.25) is 0 Å². The standard InChI is InChI=1S/C15H25NOSi/c1-5-18(17,6-2)14-10-13-9-7-8-11(3)15(13)16-12(14)4/h7-9,12,14,16-17H,5-6,10H2,1-4H3. The molecule has 1 aromatic rings. The van der Waals surface area contributed by atoms with Crippen LogP contribution in [0.25, 0.3) is 0 Å².